The molecule has 5 atom stereocenters. The van der Waals surface area contributed by atoms with Gasteiger partial charge in [0.1, 0.15) is 35.4 Å². The molecule has 0 radical (unpaired) electrons. The van der Waals surface area contributed by atoms with Crippen molar-refractivity contribution in [3.8, 4) is 5.75 Å². The summed E-state index contributed by atoms with van der Waals surface area (Å²) in [6.45, 7) is 2.64. The summed E-state index contributed by atoms with van der Waals surface area (Å²) in [5.41, 5.74) is 12.5. The molecule has 0 amide bonds. The first-order valence-electron chi connectivity index (χ1n) is 11.0. The highest BCUT2D eigenvalue weighted by Gasteiger charge is 2.56. The number of aliphatic hydroxyl groups excluding tert-OH is 1. The van der Waals surface area contributed by atoms with Gasteiger partial charge in [0.2, 0.25) is 5.95 Å². The SMILES string of the molecule is CC(=O)[C@H](C)CP(=O)(OC[C@H]1O[C@@H](c2ccc3c(N)nc(N)nn23)C(Cl)(Cl)[C@H]1O)Oc1ccccc1. The summed E-state index contributed by atoms with van der Waals surface area (Å²) in [6.07, 6.45) is -3.78. The third-order valence-electron chi connectivity index (χ3n) is 5.87. The second-order valence-corrected chi connectivity index (χ2v) is 12.1. The Bertz CT molecular complexity index is 1310. The van der Waals surface area contributed by atoms with Crippen LogP contribution in [0.3, 0.4) is 0 Å². The van der Waals surface area contributed by atoms with Crippen molar-refractivity contribution < 1.29 is 28.3 Å². The molecular formula is C22H26Cl2N5O6P. The van der Waals surface area contributed by atoms with Crippen LogP contribution in [0.25, 0.3) is 5.52 Å². The van der Waals surface area contributed by atoms with E-state index in [4.69, 9.17) is 48.5 Å². The molecule has 0 bridgehead atoms. The molecule has 1 saturated heterocycles. The van der Waals surface area contributed by atoms with E-state index in [1.165, 1.54) is 11.4 Å². The van der Waals surface area contributed by atoms with E-state index in [0.29, 0.717) is 17.0 Å². The summed E-state index contributed by atoms with van der Waals surface area (Å²) in [4.78, 5) is 15.8. The van der Waals surface area contributed by atoms with Crippen LogP contribution in [0.2, 0.25) is 0 Å². The van der Waals surface area contributed by atoms with Gasteiger partial charge in [0.25, 0.3) is 0 Å². The Balaban J connectivity index is 1.57. The number of aliphatic hydroxyl groups is 1. The maximum Gasteiger partial charge on any atom is 0.379 e. The van der Waals surface area contributed by atoms with E-state index in [0.717, 1.165) is 0 Å². The standard InChI is InChI=1S/C22H26Cl2N5O6P/c1-12(13(2)30)11-36(32,35-14-6-4-3-5-7-14)33-10-17-18(31)22(23,24)19(34-17)15-8-9-16-20(25)27-21(26)28-29(15)16/h3-9,12,17-19,31H,10-11H2,1-2H3,(H4,25,26,27,28)/t12-,17-,18+,19+,36?/m1/s1. The minimum absolute atomic E-state index is 0.0794. The molecule has 0 spiro atoms. The van der Waals surface area contributed by atoms with Crippen LogP contribution < -0.4 is 16.0 Å². The number of carbonyl (C=O) groups excluding carboxylic acids is 1. The Hall–Kier alpha value is -2.40. The first kappa shape index (κ1) is 26.7. The number of hydrogen-bond donors (Lipinski definition) is 3. The van der Waals surface area contributed by atoms with Crippen molar-refractivity contribution in [3.05, 3.63) is 48.2 Å². The van der Waals surface area contributed by atoms with Gasteiger partial charge in [-0.15, -0.1) is 5.10 Å². The van der Waals surface area contributed by atoms with Gasteiger partial charge in [-0.1, -0.05) is 48.3 Å². The fourth-order valence-corrected chi connectivity index (χ4v) is 6.39. The van der Waals surface area contributed by atoms with Crippen molar-refractivity contribution in [2.24, 2.45) is 5.92 Å². The molecule has 194 valence electrons. The largest absolute Gasteiger partial charge is 0.424 e. The van der Waals surface area contributed by atoms with Crippen molar-refractivity contribution in [1.29, 1.82) is 0 Å². The van der Waals surface area contributed by atoms with Gasteiger partial charge in [0, 0.05) is 5.92 Å². The molecule has 1 fully saturated rings. The Kier molecular flexibility index (Phi) is 7.52. The zero-order valence-electron chi connectivity index (χ0n) is 19.5. The molecule has 1 aliphatic heterocycles. The number of nitrogens with zero attached hydrogens (tertiary/aromatic N) is 3. The van der Waals surface area contributed by atoms with E-state index in [9.17, 15) is 14.5 Å². The van der Waals surface area contributed by atoms with E-state index >= 15 is 0 Å². The van der Waals surface area contributed by atoms with E-state index in [2.05, 4.69) is 10.1 Å². The molecule has 11 nitrogen and oxygen atoms in total. The summed E-state index contributed by atoms with van der Waals surface area (Å²) < 4.78 is 30.5. The van der Waals surface area contributed by atoms with E-state index in [1.54, 1.807) is 49.4 Å². The molecule has 5 N–H and O–H groups in total. The highest BCUT2D eigenvalue weighted by Crippen LogP contribution is 2.53. The maximum atomic E-state index is 13.6. The van der Waals surface area contributed by atoms with Crippen LogP contribution in [0.15, 0.2) is 42.5 Å². The van der Waals surface area contributed by atoms with Crippen LogP contribution in [0.1, 0.15) is 25.6 Å². The number of nitrogen functional groups attached to an aromatic ring is 2. The smallest absolute Gasteiger partial charge is 0.379 e. The Labute approximate surface area is 217 Å². The minimum atomic E-state index is -3.86. The lowest BCUT2D eigenvalue weighted by molar-refractivity contribution is -0.119. The molecule has 0 saturated carbocycles. The number of aromatic nitrogens is 3. The molecular weight excluding hydrogens is 532 g/mol. The van der Waals surface area contributed by atoms with Crippen molar-refractivity contribution in [2.45, 2.75) is 36.5 Å². The van der Waals surface area contributed by atoms with E-state index in [-0.39, 0.29) is 30.3 Å². The van der Waals surface area contributed by atoms with E-state index < -0.39 is 36.2 Å². The summed E-state index contributed by atoms with van der Waals surface area (Å²) in [6, 6.07) is 11.7. The van der Waals surface area contributed by atoms with Crippen LogP contribution in [0.4, 0.5) is 11.8 Å². The molecule has 4 rings (SSSR count). The lowest BCUT2D eigenvalue weighted by atomic mass is 10.1. The van der Waals surface area contributed by atoms with Gasteiger partial charge in [-0.05, 0) is 31.2 Å². The van der Waals surface area contributed by atoms with Crippen LogP contribution in [0, 0.1) is 5.92 Å². The number of Topliss-reactive ketones (excluding diaryl/α,β-unsaturated/α-hetero) is 1. The van der Waals surface area contributed by atoms with Gasteiger partial charge in [0.05, 0.1) is 18.5 Å². The normalized spacial score (nSPS) is 23.9. The Morgan fingerprint density at radius 1 is 1.28 bits per heavy atom. The third kappa shape index (κ3) is 5.32. The fourth-order valence-electron chi connectivity index (χ4n) is 3.80. The Morgan fingerprint density at radius 2 is 1.97 bits per heavy atom. The average molecular weight is 558 g/mol. The number of ether oxygens (including phenoxy) is 1. The fraction of sp³-hybridized carbons (Fsp3) is 0.409. The number of alkyl halides is 2. The first-order valence-corrected chi connectivity index (χ1v) is 13.5. The van der Waals surface area contributed by atoms with Crippen LogP contribution in [-0.2, 0) is 18.6 Å². The number of carbonyl (C=O) groups is 1. The molecule has 1 aromatic carbocycles. The number of hydrogen-bond acceptors (Lipinski definition) is 10. The summed E-state index contributed by atoms with van der Waals surface area (Å²) >= 11 is 13.1. The predicted octanol–water partition coefficient (Wildman–Crippen LogP) is 3.38. The zero-order valence-corrected chi connectivity index (χ0v) is 21.9. The number of para-hydroxylation sites is 1. The Morgan fingerprint density at radius 3 is 2.64 bits per heavy atom. The van der Waals surface area contributed by atoms with Gasteiger partial charge in [-0.3, -0.25) is 9.32 Å². The van der Waals surface area contributed by atoms with Crippen LogP contribution >= 0.6 is 30.8 Å². The second-order valence-electron chi connectivity index (χ2n) is 8.59. The van der Waals surface area contributed by atoms with Gasteiger partial charge in [-0.25, -0.2) is 9.08 Å². The molecule has 3 aromatic rings. The lowest BCUT2D eigenvalue weighted by Gasteiger charge is -2.24. The second kappa shape index (κ2) is 10.2. The summed E-state index contributed by atoms with van der Waals surface area (Å²) in [5.74, 6) is -0.399. The number of benzene rings is 1. The number of ketones is 1. The van der Waals surface area contributed by atoms with Crippen LogP contribution in [0.5, 0.6) is 5.75 Å². The maximum absolute atomic E-state index is 13.6. The van der Waals surface area contributed by atoms with Gasteiger partial charge < -0.3 is 25.8 Å². The van der Waals surface area contributed by atoms with Gasteiger partial charge >= 0.3 is 7.60 Å². The summed E-state index contributed by atoms with van der Waals surface area (Å²) in [7, 11) is -3.86. The number of nitrogens with two attached hydrogens (primary N) is 2. The molecule has 36 heavy (non-hydrogen) atoms. The lowest BCUT2D eigenvalue weighted by Crippen LogP contribution is -2.37. The van der Waals surface area contributed by atoms with Crippen LogP contribution in [-0.4, -0.2) is 54.8 Å². The predicted molar refractivity (Wildman–Crippen MR) is 135 cm³/mol. The minimum Gasteiger partial charge on any atom is -0.424 e. The quantitative estimate of drug-likeness (QED) is 0.262. The zero-order chi connectivity index (χ0) is 26.3. The molecule has 3 heterocycles. The van der Waals surface area contributed by atoms with Crippen molar-refractivity contribution in [3.63, 3.8) is 0 Å². The number of fused-ring (bicyclic) bond motifs is 1. The molecule has 1 unspecified atom stereocenters. The topological polar surface area (TPSA) is 164 Å². The summed E-state index contributed by atoms with van der Waals surface area (Å²) in [5, 5.41) is 15.0. The van der Waals surface area contributed by atoms with Gasteiger partial charge in [-0.2, -0.15) is 4.98 Å². The third-order valence-corrected chi connectivity index (χ3v) is 8.74. The molecule has 14 heteroatoms. The molecule has 1 aliphatic rings. The highest BCUT2D eigenvalue weighted by molar-refractivity contribution is 7.54. The van der Waals surface area contributed by atoms with E-state index in [1.807, 2.05) is 0 Å². The number of halogens is 2. The average Bonchev–Trinajstić information content (AvgIpc) is 3.31. The first-order chi connectivity index (χ1) is 16.9. The van der Waals surface area contributed by atoms with Gasteiger partial charge in [0.15, 0.2) is 10.2 Å². The number of rotatable bonds is 9. The molecule has 0 aliphatic carbocycles. The highest BCUT2D eigenvalue weighted by atomic mass is 35.5. The number of anilines is 2. The van der Waals surface area contributed by atoms with Crippen molar-refractivity contribution in [1.82, 2.24) is 14.6 Å². The van der Waals surface area contributed by atoms with Crippen molar-refractivity contribution in [2.75, 3.05) is 24.2 Å². The molecule has 2 aromatic heterocycles. The monoisotopic (exact) mass is 557 g/mol. The van der Waals surface area contributed by atoms with Crippen molar-refractivity contribution >= 4 is 53.9 Å².